The van der Waals surface area contributed by atoms with Gasteiger partial charge in [0.15, 0.2) is 0 Å². The average Bonchev–Trinajstić information content (AvgIpc) is 2.43. The van der Waals surface area contributed by atoms with Crippen LogP contribution < -0.4 is 5.32 Å². The number of carbonyl (C=O) groups is 2. The fraction of sp³-hybridized carbons (Fsp3) is 0.375. The van der Waals surface area contributed by atoms with Crippen LogP contribution in [0, 0.1) is 0 Å². The Morgan fingerprint density at radius 1 is 1.08 bits per heavy atom. The molecule has 0 radical (unpaired) electrons. The topological polar surface area (TPSA) is 66.4 Å². The van der Waals surface area contributed by atoms with E-state index >= 15 is 0 Å². The van der Waals surface area contributed by atoms with Crippen LogP contribution in [0.4, 0.5) is 26.3 Å². The molecule has 0 unspecified atom stereocenters. The van der Waals surface area contributed by atoms with E-state index in [1.54, 1.807) is 0 Å². The Labute approximate surface area is 144 Å². The maximum absolute atomic E-state index is 12.8. The van der Waals surface area contributed by atoms with Gasteiger partial charge in [0.2, 0.25) is 5.91 Å². The number of carbonyl (C=O) groups excluding carboxylic acids is 1. The van der Waals surface area contributed by atoms with Crippen LogP contribution in [0.25, 0.3) is 0 Å². The van der Waals surface area contributed by atoms with Crippen molar-refractivity contribution in [1.82, 2.24) is 5.32 Å². The highest BCUT2D eigenvalue weighted by Gasteiger charge is 2.37. The molecule has 0 saturated carbocycles. The molecule has 0 aromatic heterocycles. The van der Waals surface area contributed by atoms with Crippen LogP contribution >= 0.6 is 0 Å². The van der Waals surface area contributed by atoms with Crippen molar-refractivity contribution in [2.24, 2.45) is 0 Å². The van der Waals surface area contributed by atoms with Crippen molar-refractivity contribution in [2.45, 2.75) is 38.2 Å². The van der Waals surface area contributed by atoms with E-state index in [-0.39, 0.29) is 12.5 Å². The first kappa shape index (κ1) is 21.5. The Kier molecular flexibility index (Phi) is 6.45. The number of hydrogen-bond donors (Lipinski definition) is 2. The monoisotopic (exact) mass is 383 g/mol. The van der Waals surface area contributed by atoms with Gasteiger partial charge < -0.3 is 10.4 Å². The standard InChI is InChI=1S/C16H15F6NO3/c1-8(2)3-12(14(25)26)23-13(24)6-9-4-10(15(17,18)19)7-11(5-9)16(20,21)22/h4-5,7,12H,1,3,6H2,2H3,(H,23,24)(H,25,26)/t12-/m0/s1. The molecule has 0 fully saturated rings. The number of carboxylic acid groups (broad SMARTS) is 1. The Bertz CT molecular complexity index is 677. The van der Waals surface area contributed by atoms with Gasteiger partial charge >= 0.3 is 18.3 Å². The molecule has 144 valence electrons. The predicted molar refractivity (Wildman–Crippen MR) is 79.1 cm³/mol. The van der Waals surface area contributed by atoms with Gasteiger partial charge in [0.25, 0.3) is 0 Å². The smallest absolute Gasteiger partial charge is 0.416 e. The summed E-state index contributed by atoms with van der Waals surface area (Å²) < 4.78 is 76.7. The van der Waals surface area contributed by atoms with Crippen LogP contribution in [0.1, 0.15) is 30.0 Å². The van der Waals surface area contributed by atoms with E-state index in [2.05, 4.69) is 11.9 Å². The SMILES string of the molecule is C=C(C)C[C@H](NC(=O)Cc1cc(C(F)(F)F)cc(C(F)(F)F)c1)C(=O)O. The molecule has 0 spiro atoms. The number of rotatable bonds is 6. The van der Waals surface area contributed by atoms with Crippen molar-refractivity contribution >= 4 is 11.9 Å². The predicted octanol–water partition coefficient (Wildman–Crippen LogP) is 3.80. The minimum Gasteiger partial charge on any atom is -0.480 e. The highest BCUT2D eigenvalue weighted by Crippen LogP contribution is 2.36. The molecule has 1 aromatic rings. The Morgan fingerprint density at radius 3 is 1.88 bits per heavy atom. The van der Waals surface area contributed by atoms with E-state index in [1.807, 2.05) is 0 Å². The van der Waals surface area contributed by atoms with Gasteiger partial charge in [0.1, 0.15) is 6.04 Å². The second kappa shape index (κ2) is 7.79. The largest absolute Gasteiger partial charge is 0.480 e. The lowest BCUT2D eigenvalue weighted by Gasteiger charge is -2.16. The second-order valence-electron chi connectivity index (χ2n) is 5.71. The normalized spacial score (nSPS) is 13.2. The molecule has 0 aliphatic heterocycles. The molecule has 1 atom stereocenters. The van der Waals surface area contributed by atoms with E-state index in [4.69, 9.17) is 5.11 Å². The lowest BCUT2D eigenvalue weighted by Crippen LogP contribution is -2.41. The minimum absolute atomic E-state index is 0.0530. The number of hydrogen-bond acceptors (Lipinski definition) is 2. The molecule has 1 aromatic carbocycles. The molecule has 0 aliphatic rings. The molecule has 0 heterocycles. The zero-order valence-electron chi connectivity index (χ0n) is 13.5. The Morgan fingerprint density at radius 2 is 1.54 bits per heavy atom. The first-order chi connectivity index (χ1) is 11.7. The highest BCUT2D eigenvalue weighted by atomic mass is 19.4. The summed E-state index contributed by atoms with van der Waals surface area (Å²) in [6.07, 6.45) is -11.0. The van der Waals surface area contributed by atoms with Crippen molar-refractivity contribution < 1.29 is 41.0 Å². The van der Waals surface area contributed by atoms with Gasteiger partial charge in [0.05, 0.1) is 17.5 Å². The van der Waals surface area contributed by atoms with Crippen LogP contribution in [0.5, 0.6) is 0 Å². The second-order valence-corrected chi connectivity index (χ2v) is 5.71. The number of alkyl halides is 6. The van der Waals surface area contributed by atoms with E-state index in [1.165, 1.54) is 6.92 Å². The summed E-state index contributed by atoms with van der Waals surface area (Å²) in [4.78, 5) is 22.9. The van der Waals surface area contributed by atoms with Gasteiger partial charge in [-0.2, -0.15) is 26.3 Å². The molecule has 1 amide bonds. The fourth-order valence-electron chi connectivity index (χ4n) is 2.10. The lowest BCUT2D eigenvalue weighted by atomic mass is 10.0. The van der Waals surface area contributed by atoms with Crippen molar-refractivity contribution in [2.75, 3.05) is 0 Å². The summed E-state index contributed by atoms with van der Waals surface area (Å²) in [7, 11) is 0. The van der Waals surface area contributed by atoms with Crippen LogP contribution in [0.2, 0.25) is 0 Å². The summed E-state index contributed by atoms with van der Waals surface area (Å²) >= 11 is 0. The third-order valence-corrected chi connectivity index (χ3v) is 3.20. The van der Waals surface area contributed by atoms with Crippen LogP contribution in [0.15, 0.2) is 30.4 Å². The Hall–Kier alpha value is -2.52. The number of halogens is 6. The molecule has 2 N–H and O–H groups in total. The third-order valence-electron chi connectivity index (χ3n) is 3.20. The van der Waals surface area contributed by atoms with E-state index < -0.39 is 53.4 Å². The zero-order valence-corrected chi connectivity index (χ0v) is 13.5. The maximum Gasteiger partial charge on any atom is 0.416 e. The van der Waals surface area contributed by atoms with Crippen molar-refractivity contribution in [3.05, 3.63) is 47.0 Å². The highest BCUT2D eigenvalue weighted by molar-refractivity contribution is 5.85. The van der Waals surface area contributed by atoms with Gasteiger partial charge in [-0.05, 0) is 37.1 Å². The quantitative estimate of drug-likeness (QED) is 0.580. The van der Waals surface area contributed by atoms with Gasteiger partial charge in [-0.1, -0.05) is 5.57 Å². The number of benzene rings is 1. The Balaban J connectivity index is 3.09. The van der Waals surface area contributed by atoms with Gasteiger partial charge in [-0.3, -0.25) is 4.79 Å². The van der Waals surface area contributed by atoms with Crippen molar-refractivity contribution in [1.29, 1.82) is 0 Å². The molecular formula is C16H15F6NO3. The van der Waals surface area contributed by atoms with Gasteiger partial charge in [0, 0.05) is 0 Å². The third kappa shape index (κ3) is 6.41. The molecule has 10 heteroatoms. The van der Waals surface area contributed by atoms with Crippen LogP contribution in [-0.4, -0.2) is 23.0 Å². The number of amides is 1. The zero-order chi connectivity index (χ0) is 20.3. The number of aliphatic carboxylic acids is 1. The first-order valence-electron chi connectivity index (χ1n) is 7.15. The fourth-order valence-corrected chi connectivity index (χ4v) is 2.10. The minimum atomic E-state index is -5.03. The average molecular weight is 383 g/mol. The van der Waals surface area contributed by atoms with E-state index in [9.17, 15) is 35.9 Å². The van der Waals surface area contributed by atoms with Gasteiger partial charge in [-0.25, -0.2) is 4.79 Å². The summed E-state index contributed by atoms with van der Waals surface area (Å²) in [6.45, 7) is 4.99. The lowest BCUT2D eigenvalue weighted by molar-refractivity contribution is -0.143. The van der Waals surface area contributed by atoms with Gasteiger partial charge in [-0.15, -0.1) is 6.58 Å². The maximum atomic E-state index is 12.8. The molecule has 26 heavy (non-hydrogen) atoms. The number of nitrogens with one attached hydrogen (secondary N) is 1. The van der Waals surface area contributed by atoms with Crippen molar-refractivity contribution in [3.63, 3.8) is 0 Å². The molecule has 4 nitrogen and oxygen atoms in total. The summed E-state index contributed by atoms with van der Waals surface area (Å²) in [5.41, 5.74) is -3.21. The van der Waals surface area contributed by atoms with E-state index in [0.29, 0.717) is 17.7 Å². The summed E-state index contributed by atoms with van der Waals surface area (Å²) in [6, 6.07) is -0.595. The van der Waals surface area contributed by atoms with Crippen molar-refractivity contribution in [3.8, 4) is 0 Å². The molecule has 0 saturated heterocycles. The summed E-state index contributed by atoms with van der Waals surface area (Å²) in [5.74, 6) is -2.42. The van der Waals surface area contributed by atoms with Crippen LogP contribution in [-0.2, 0) is 28.4 Å². The number of carboxylic acids is 1. The first-order valence-corrected chi connectivity index (χ1v) is 7.15. The molecule has 0 aliphatic carbocycles. The molecule has 1 rings (SSSR count). The molecule has 0 bridgehead atoms. The van der Waals surface area contributed by atoms with E-state index in [0.717, 1.165) is 0 Å². The summed E-state index contributed by atoms with van der Waals surface area (Å²) in [5, 5.41) is 11.0. The molecular weight excluding hydrogens is 368 g/mol. The van der Waals surface area contributed by atoms with Crippen LogP contribution in [0.3, 0.4) is 0 Å².